The summed E-state index contributed by atoms with van der Waals surface area (Å²) in [5.74, 6) is 0.403. The Labute approximate surface area is 100 Å². The van der Waals surface area contributed by atoms with Crippen LogP contribution in [0.3, 0.4) is 0 Å². The first-order valence-electron chi connectivity index (χ1n) is 5.43. The molecule has 1 aromatic heterocycles. The number of hydrogen-bond donors (Lipinski definition) is 1. The van der Waals surface area contributed by atoms with Gasteiger partial charge in [-0.2, -0.15) is 0 Å². The smallest absolute Gasteiger partial charge is 0.0794 e. The molecule has 2 nitrogen and oxygen atoms in total. The average Bonchev–Trinajstić information content (AvgIpc) is 2.78. The lowest BCUT2D eigenvalue weighted by Gasteiger charge is -2.14. The van der Waals surface area contributed by atoms with Crippen LogP contribution in [0.1, 0.15) is 21.9 Å². The van der Waals surface area contributed by atoms with Crippen molar-refractivity contribution in [2.24, 2.45) is 5.73 Å². The summed E-state index contributed by atoms with van der Waals surface area (Å²) in [7, 11) is 0. The van der Waals surface area contributed by atoms with Crippen molar-refractivity contribution in [3.63, 3.8) is 0 Å². The molecule has 0 saturated heterocycles. The first-order valence-corrected chi connectivity index (χ1v) is 6.31. The molecule has 2 N–H and O–H groups in total. The van der Waals surface area contributed by atoms with Crippen LogP contribution in [0.2, 0.25) is 0 Å². The van der Waals surface area contributed by atoms with Crippen LogP contribution < -0.4 is 5.73 Å². The van der Waals surface area contributed by atoms with Gasteiger partial charge < -0.3 is 5.73 Å². The molecule has 0 fully saturated rings. The Morgan fingerprint density at radius 1 is 1.44 bits per heavy atom. The fourth-order valence-electron chi connectivity index (χ4n) is 1.85. The highest BCUT2D eigenvalue weighted by Gasteiger charge is 2.11. The summed E-state index contributed by atoms with van der Waals surface area (Å²) >= 11 is 1.70. The largest absolute Gasteiger partial charge is 0.330 e. The predicted octanol–water partition coefficient (Wildman–Crippen LogP) is 2.74. The molecule has 0 amide bonds. The lowest BCUT2D eigenvalue weighted by Crippen LogP contribution is -2.14. The minimum Gasteiger partial charge on any atom is -0.330 e. The topological polar surface area (TPSA) is 38.9 Å². The molecule has 2 rings (SSSR count). The third kappa shape index (κ3) is 2.68. The quantitative estimate of drug-likeness (QED) is 0.880. The van der Waals surface area contributed by atoms with Crippen LogP contribution in [0.4, 0.5) is 0 Å². The zero-order valence-electron chi connectivity index (χ0n) is 9.39. The first-order chi connectivity index (χ1) is 7.79. The molecule has 1 unspecified atom stereocenters. The lowest BCUT2D eigenvalue weighted by molar-refractivity contribution is 0.700. The predicted molar refractivity (Wildman–Crippen MR) is 68.8 cm³/mol. The molecular weight excluding hydrogens is 216 g/mol. The molecule has 16 heavy (non-hydrogen) atoms. The van der Waals surface area contributed by atoms with Crippen molar-refractivity contribution in [1.29, 1.82) is 0 Å². The van der Waals surface area contributed by atoms with Crippen molar-refractivity contribution in [3.8, 4) is 0 Å². The second-order valence-electron chi connectivity index (χ2n) is 4.02. The second kappa shape index (κ2) is 5.23. The maximum Gasteiger partial charge on any atom is 0.0794 e. The average molecular weight is 232 g/mol. The fraction of sp³-hybridized carbons (Fsp3) is 0.308. The highest BCUT2D eigenvalue weighted by Crippen LogP contribution is 2.22. The number of thiazole rings is 1. The molecule has 2 aromatic rings. The van der Waals surface area contributed by atoms with Gasteiger partial charge in [0.15, 0.2) is 0 Å². The van der Waals surface area contributed by atoms with E-state index in [1.165, 1.54) is 16.0 Å². The summed E-state index contributed by atoms with van der Waals surface area (Å²) in [6.07, 6.45) is 2.92. The Morgan fingerprint density at radius 3 is 2.94 bits per heavy atom. The Balaban J connectivity index is 2.16. The van der Waals surface area contributed by atoms with Gasteiger partial charge in [-0.05, 0) is 25.5 Å². The van der Waals surface area contributed by atoms with Crippen LogP contribution in [-0.2, 0) is 6.42 Å². The molecule has 1 atom stereocenters. The maximum absolute atomic E-state index is 5.86. The molecular formula is C13H16N2S. The van der Waals surface area contributed by atoms with Gasteiger partial charge in [-0.15, -0.1) is 11.3 Å². The highest BCUT2D eigenvalue weighted by molar-refractivity contribution is 7.09. The molecule has 0 bridgehead atoms. The molecule has 84 valence electrons. The standard InChI is InChI=1S/C13H16N2S/c1-10-3-2-4-11(5-10)12(7-14)6-13-8-15-9-16-13/h2-5,8-9,12H,6-7,14H2,1H3. The number of nitrogens with zero attached hydrogens (tertiary/aromatic N) is 1. The second-order valence-corrected chi connectivity index (χ2v) is 4.99. The molecule has 0 radical (unpaired) electrons. The molecule has 0 aliphatic rings. The lowest BCUT2D eigenvalue weighted by atomic mass is 9.94. The van der Waals surface area contributed by atoms with E-state index in [2.05, 4.69) is 36.2 Å². The normalized spacial score (nSPS) is 12.6. The van der Waals surface area contributed by atoms with Gasteiger partial charge in [-0.25, -0.2) is 0 Å². The molecule has 3 heteroatoms. The van der Waals surface area contributed by atoms with Crippen molar-refractivity contribution >= 4 is 11.3 Å². The minimum atomic E-state index is 0.403. The summed E-state index contributed by atoms with van der Waals surface area (Å²) in [4.78, 5) is 5.40. The van der Waals surface area contributed by atoms with Crippen LogP contribution in [-0.4, -0.2) is 11.5 Å². The Morgan fingerprint density at radius 2 is 2.31 bits per heavy atom. The third-order valence-electron chi connectivity index (χ3n) is 2.73. The number of benzene rings is 1. The van der Waals surface area contributed by atoms with Gasteiger partial charge in [0.1, 0.15) is 0 Å². The molecule has 0 spiro atoms. The molecule has 1 aromatic carbocycles. The van der Waals surface area contributed by atoms with Crippen molar-refractivity contribution < 1.29 is 0 Å². The molecule has 1 heterocycles. The number of aromatic nitrogens is 1. The van der Waals surface area contributed by atoms with E-state index in [0.717, 1.165) is 6.42 Å². The van der Waals surface area contributed by atoms with Gasteiger partial charge in [0.25, 0.3) is 0 Å². The summed E-state index contributed by atoms with van der Waals surface area (Å²) in [5.41, 5.74) is 10.4. The van der Waals surface area contributed by atoms with E-state index in [0.29, 0.717) is 12.5 Å². The minimum absolute atomic E-state index is 0.403. The van der Waals surface area contributed by atoms with Gasteiger partial charge >= 0.3 is 0 Å². The van der Waals surface area contributed by atoms with E-state index in [-0.39, 0.29) is 0 Å². The highest BCUT2D eigenvalue weighted by atomic mass is 32.1. The molecule has 0 saturated carbocycles. The van der Waals surface area contributed by atoms with Crippen molar-refractivity contribution in [1.82, 2.24) is 4.98 Å². The van der Waals surface area contributed by atoms with Crippen LogP contribution >= 0.6 is 11.3 Å². The number of nitrogens with two attached hydrogens (primary N) is 1. The maximum atomic E-state index is 5.86. The number of rotatable bonds is 4. The van der Waals surface area contributed by atoms with Crippen LogP contribution in [0, 0.1) is 6.92 Å². The van der Waals surface area contributed by atoms with Crippen LogP contribution in [0.25, 0.3) is 0 Å². The summed E-state index contributed by atoms with van der Waals surface area (Å²) < 4.78 is 0. The molecule has 0 aliphatic carbocycles. The zero-order chi connectivity index (χ0) is 11.4. The van der Waals surface area contributed by atoms with Gasteiger partial charge in [0.05, 0.1) is 5.51 Å². The Hall–Kier alpha value is -1.19. The van der Waals surface area contributed by atoms with Gasteiger partial charge in [-0.1, -0.05) is 29.8 Å². The van der Waals surface area contributed by atoms with Gasteiger partial charge in [0.2, 0.25) is 0 Å². The number of hydrogen-bond acceptors (Lipinski definition) is 3. The molecule has 0 aliphatic heterocycles. The monoisotopic (exact) mass is 232 g/mol. The van der Waals surface area contributed by atoms with Gasteiger partial charge in [0, 0.05) is 17.0 Å². The van der Waals surface area contributed by atoms with E-state index in [1.807, 2.05) is 11.7 Å². The summed E-state index contributed by atoms with van der Waals surface area (Å²) in [6, 6.07) is 8.59. The fourth-order valence-corrected chi connectivity index (χ4v) is 2.52. The summed E-state index contributed by atoms with van der Waals surface area (Å²) in [5, 5.41) is 0. The Kier molecular flexibility index (Phi) is 3.70. The van der Waals surface area contributed by atoms with E-state index in [1.54, 1.807) is 11.3 Å². The SMILES string of the molecule is Cc1cccc(C(CN)Cc2cncs2)c1. The zero-order valence-corrected chi connectivity index (χ0v) is 10.2. The van der Waals surface area contributed by atoms with Crippen LogP contribution in [0.15, 0.2) is 36.0 Å². The van der Waals surface area contributed by atoms with Crippen molar-refractivity contribution in [2.45, 2.75) is 19.3 Å². The summed E-state index contributed by atoms with van der Waals surface area (Å²) in [6.45, 7) is 2.80. The first kappa shape index (κ1) is 11.3. The van der Waals surface area contributed by atoms with Crippen molar-refractivity contribution in [2.75, 3.05) is 6.54 Å². The Bertz CT molecular complexity index is 437. The number of aryl methyl sites for hydroxylation is 1. The van der Waals surface area contributed by atoms with E-state index < -0.39 is 0 Å². The van der Waals surface area contributed by atoms with Crippen molar-refractivity contribution in [3.05, 3.63) is 52.0 Å². The van der Waals surface area contributed by atoms with E-state index in [4.69, 9.17) is 5.73 Å². The van der Waals surface area contributed by atoms with Crippen LogP contribution in [0.5, 0.6) is 0 Å². The third-order valence-corrected chi connectivity index (χ3v) is 3.53. The van der Waals surface area contributed by atoms with Gasteiger partial charge in [-0.3, -0.25) is 4.98 Å². The van der Waals surface area contributed by atoms with E-state index >= 15 is 0 Å². The van der Waals surface area contributed by atoms with E-state index in [9.17, 15) is 0 Å².